The Morgan fingerprint density at radius 1 is 1.33 bits per heavy atom. The molecule has 0 aliphatic carbocycles. The zero-order valence-corrected chi connectivity index (χ0v) is 13.7. The topological polar surface area (TPSA) is 80.6 Å². The standard InChI is InChI=1S/C4H12Si.C3H5ClO.C3H6N4O/c1-5(2,3)4;1-2-3(4)5;1-2-7-3(8)4-5-6-7/h1-4H3;2H2,1H3;2H2,1H3,(H,4,6,8). The quantitative estimate of drug-likeness (QED) is 0.669. The Morgan fingerprint density at radius 2 is 1.72 bits per heavy atom. The average Bonchev–Trinajstić information content (AvgIpc) is 2.62. The molecule has 1 N–H and O–H groups in total. The second kappa shape index (κ2) is 10.0. The van der Waals surface area contributed by atoms with Crippen molar-refractivity contribution in [1.29, 1.82) is 0 Å². The number of nitrogens with zero attached hydrogens (tertiary/aromatic N) is 3. The summed E-state index contributed by atoms with van der Waals surface area (Å²) in [6.45, 7) is 13.4. The number of hydrogen-bond acceptors (Lipinski definition) is 4. The molecule has 6 nitrogen and oxygen atoms in total. The Kier molecular flexibility index (Phi) is 10.8. The largest absolute Gasteiger partial charge is 0.361 e. The van der Waals surface area contributed by atoms with E-state index in [-0.39, 0.29) is 10.9 Å². The van der Waals surface area contributed by atoms with Crippen molar-refractivity contribution in [2.45, 2.75) is 53.0 Å². The van der Waals surface area contributed by atoms with Gasteiger partial charge in [0.2, 0.25) is 5.24 Å². The van der Waals surface area contributed by atoms with Gasteiger partial charge in [-0.1, -0.05) is 33.1 Å². The monoisotopic (exact) mass is 294 g/mol. The van der Waals surface area contributed by atoms with Crippen LogP contribution in [0.15, 0.2) is 4.79 Å². The molecule has 0 fully saturated rings. The van der Waals surface area contributed by atoms with Gasteiger partial charge in [-0.15, -0.1) is 0 Å². The molecule has 0 saturated carbocycles. The van der Waals surface area contributed by atoms with Crippen molar-refractivity contribution in [3.63, 3.8) is 0 Å². The van der Waals surface area contributed by atoms with E-state index in [9.17, 15) is 9.59 Å². The molecule has 18 heavy (non-hydrogen) atoms. The number of aromatic amines is 1. The van der Waals surface area contributed by atoms with Gasteiger partial charge in [-0.3, -0.25) is 4.79 Å². The molecule has 1 heterocycles. The maximum absolute atomic E-state index is 10.4. The molecule has 1 aromatic heterocycles. The summed E-state index contributed by atoms with van der Waals surface area (Å²) >= 11 is 4.82. The SMILES string of the molecule is CCC(=O)Cl.CCn1nn[nH]c1=O.C[Si](C)(C)C. The molecule has 0 atom stereocenters. The molecule has 0 aromatic carbocycles. The minimum Gasteiger partial charge on any atom is -0.281 e. The van der Waals surface area contributed by atoms with E-state index < -0.39 is 8.07 Å². The summed E-state index contributed by atoms with van der Waals surface area (Å²) in [6, 6.07) is 0. The van der Waals surface area contributed by atoms with Crippen LogP contribution in [0.4, 0.5) is 0 Å². The van der Waals surface area contributed by atoms with Gasteiger partial charge < -0.3 is 0 Å². The van der Waals surface area contributed by atoms with Crippen LogP contribution in [0, 0.1) is 0 Å². The summed E-state index contributed by atoms with van der Waals surface area (Å²) in [5.74, 6) is 0. The number of tetrazole rings is 1. The maximum atomic E-state index is 10.4. The Labute approximate surface area is 114 Å². The molecule has 1 rings (SSSR count). The van der Waals surface area contributed by atoms with Crippen LogP contribution in [0.2, 0.25) is 26.2 Å². The lowest BCUT2D eigenvalue weighted by atomic mass is 10.6. The fourth-order valence-electron chi connectivity index (χ4n) is 0.424. The summed E-state index contributed by atoms with van der Waals surface area (Å²) in [7, 11) is -0.611. The van der Waals surface area contributed by atoms with Gasteiger partial charge in [-0.05, 0) is 29.0 Å². The highest BCUT2D eigenvalue weighted by Crippen LogP contribution is 1.94. The molecule has 0 saturated heterocycles. The third-order valence-electron chi connectivity index (χ3n) is 1.11. The van der Waals surface area contributed by atoms with Crippen LogP contribution < -0.4 is 5.69 Å². The van der Waals surface area contributed by atoms with Gasteiger partial charge in [0.15, 0.2) is 0 Å². The Bertz CT molecular complexity index is 378. The van der Waals surface area contributed by atoms with Crippen LogP contribution in [0.5, 0.6) is 0 Å². The predicted octanol–water partition coefficient (Wildman–Crippen LogP) is 2.10. The number of H-pyrrole nitrogens is 1. The molecule has 0 radical (unpaired) electrons. The van der Waals surface area contributed by atoms with E-state index in [0.717, 1.165) is 0 Å². The number of hydrogen-bond donors (Lipinski definition) is 1. The Balaban J connectivity index is 0. The molecule has 8 heteroatoms. The zero-order valence-electron chi connectivity index (χ0n) is 12.0. The molecule has 106 valence electrons. The van der Waals surface area contributed by atoms with Crippen LogP contribution in [-0.2, 0) is 11.3 Å². The van der Waals surface area contributed by atoms with Gasteiger partial charge in [0.25, 0.3) is 0 Å². The minimum atomic E-state index is -0.611. The van der Waals surface area contributed by atoms with E-state index >= 15 is 0 Å². The van der Waals surface area contributed by atoms with Gasteiger partial charge >= 0.3 is 5.69 Å². The van der Waals surface area contributed by atoms with E-state index in [2.05, 4.69) is 41.7 Å². The number of halogens is 1. The molecule has 0 amide bonds. The van der Waals surface area contributed by atoms with Crippen molar-refractivity contribution in [1.82, 2.24) is 20.2 Å². The molecule has 0 unspecified atom stereocenters. The minimum absolute atomic E-state index is 0.257. The van der Waals surface area contributed by atoms with Crippen molar-refractivity contribution in [3.8, 4) is 0 Å². The molecule has 0 bridgehead atoms. The van der Waals surface area contributed by atoms with Crippen molar-refractivity contribution < 1.29 is 4.79 Å². The van der Waals surface area contributed by atoms with Crippen LogP contribution in [0.3, 0.4) is 0 Å². The normalized spacial score (nSPS) is 9.72. The highest BCUT2D eigenvalue weighted by Gasteiger charge is 1.99. The molecular formula is C10H23ClN4O2Si. The number of nitrogens with one attached hydrogen (secondary N) is 1. The van der Waals surface area contributed by atoms with Crippen LogP contribution in [0.1, 0.15) is 20.3 Å². The highest BCUT2D eigenvalue weighted by atomic mass is 35.5. The Hall–Kier alpha value is -0.953. The third kappa shape index (κ3) is 17.4. The third-order valence-corrected chi connectivity index (χ3v) is 1.38. The molecule has 0 aliphatic heterocycles. The summed E-state index contributed by atoms with van der Waals surface area (Å²) in [5, 5.41) is 8.59. The zero-order chi connectivity index (χ0) is 14.8. The number of carbonyl (C=O) groups excluding carboxylic acids is 1. The van der Waals surface area contributed by atoms with Crippen molar-refractivity contribution >= 4 is 24.9 Å². The lowest BCUT2D eigenvalue weighted by Gasteiger charge is -2.01. The van der Waals surface area contributed by atoms with Crippen LogP contribution >= 0.6 is 11.6 Å². The fourth-order valence-corrected chi connectivity index (χ4v) is 0.424. The summed E-state index contributed by atoms with van der Waals surface area (Å²) in [4.78, 5) is 20.0. The number of aromatic nitrogens is 4. The first kappa shape index (κ1) is 19.4. The van der Waals surface area contributed by atoms with E-state index in [4.69, 9.17) is 11.6 Å². The van der Waals surface area contributed by atoms with Gasteiger partial charge in [0, 0.05) is 21.0 Å². The van der Waals surface area contributed by atoms with Gasteiger partial charge in [0.1, 0.15) is 0 Å². The van der Waals surface area contributed by atoms with E-state index in [1.165, 1.54) is 4.68 Å². The summed E-state index contributed by atoms with van der Waals surface area (Å²) < 4.78 is 1.24. The molecular weight excluding hydrogens is 272 g/mol. The lowest BCUT2D eigenvalue weighted by Crippen LogP contribution is -2.16. The maximum Gasteiger partial charge on any atom is 0.361 e. The van der Waals surface area contributed by atoms with Crippen molar-refractivity contribution in [2.24, 2.45) is 0 Å². The number of carbonyl (C=O) groups is 1. The van der Waals surface area contributed by atoms with E-state index in [1.54, 1.807) is 6.92 Å². The predicted molar refractivity (Wildman–Crippen MR) is 76.7 cm³/mol. The van der Waals surface area contributed by atoms with E-state index in [1.807, 2.05) is 6.92 Å². The van der Waals surface area contributed by atoms with Crippen molar-refractivity contribution in [3.05, 3.63) is 10.5 Å². The van der Waals surface area contributed by atoms with Gasteiger partial charge in [0.05, 0.1) is 0 Å². The fraction of sp³-hybridized carbons (Fsp3) is 0.800. The lowest BCUT2D eigenvalue weighted by molar-refractivity contribution is -0.111. The number of rotatable bonds is 2. The van der Waals surface area contributed by atoms with Gasteiger partial charge in [-0.2, -0.15) is 4.68 Å². The first-order valence-electron chi connectivity index (χ1n) is 5.78. The highest BCUT2D eigenvalue weighted by molar-refractivity contribution is 6.74. The molecule has 0 spiro atoms. The molecule has 1 aromatic rings. The second-order valence-electron chi connectivity index (χ2n) is 5.03. The van der Waals surface area contributed by atoms with E-state index in [0.29, 0.717) is 13.0 Å². The average molecular weight is 295 g/mol. The first-order valence-corrected chi connectivity index (χ1v) is 10.2. The van der Waals surface area contributed by atoms with Crippen LogP contribution in [-0.4, -0.2) is 33.5 Å². The number of aryl methyl sites for hydroxylation is 1. The second-order valence-corrected chi connectivity index (χ2v) is 11.5. The molecule has 0 aliphatic rings. The smallest absolute Gasteiger partial charge is 0.281 e. The van der Waals surface area contributed by atoms with Gasteiger partial charge in [-0.25, -0.2) is 9.89 Å². The van der Waals surface area contributed by atoms with Crippen molar-refractivity contribution in [2.75, 3.05) is 0 Å². The Morgan fingerprint density at radius 3 is 1.83 bits per heavy atom. The van der Waals surface area contributed by atoms with Crippen LogP contribution in [0.25, 0.3) is 0 Å². The first-order chi connectivity index (χ1) is 8.11. The summed E-state index contributed by atoms with van der Waals surface area (Å²) in [5.41, 5.74) is -0.257. The summed E-state index contributed by atoms with van der Waals surface area (Å²) in [6.07, 6.45) is 0.432.